The number of aliphatic hydroxyl groups is 1. The Labute approximate surface area is 89.3 Å². The van der Waals surface area contributed by atoms with E-state index in [0.717, 1.165) is 11.3 Å². The number of rotatable bonds is 3. The van der Waals surface area contributed by atoms with Gasteiger partial charge in [-0.2, -0.15) is 0 Å². The molecule has 0 saturated carbocycles. The minimum Gasteiger partial charge on any atom is -0.394 e. The number of hydrogen-bond acceptors (Lipinski definition) is 2. The number of benzene rings is 1. The van der Waals surface area contributed by atoms with Crippen LogP contribution in [0.15, 0.2) is 24.3 Å². The molecule has 1 rings (SSSR count). The summed E-state index contributed by atoms with van der Waals surface area (Å²) in [5.74, 6) is 0. The Morgan fingerprint density at radius 3 is 2.87 bits per heavy atom. The maximum atomic E-state index is 11.4. The van der Waals surface area contributed by atoms with E-state index in [9.17, 15) is 4.79 Å². The highest BCUT2D eigenvalue weighted by Gasteiger charge is 2.05. The third-order valence-corrected chi connectivity index (χ3v) is 1.93. The Kier molecular flexibility index (Phi) is 4.12. The van der Waals surface area contributed by atoms with E-state index < -0.39 is 0 Å². The Bertz CT molecular complexity index is 339. The molecule has 1 aromatic carbocycles. The first-order chi connectivity index (χ1) is 7.11. The van der Waals surface area contributed by atoms with Crippen molar-refractivity contribution in [3.05, 3.63) is 29.8 Å². The second kappa shape index (κ2) is 5.36. The van der Waals surface area contributed by atoms with Crippen molar-refractivity contribution < 1.29 is 9.90 Å². The summed E-state index contributed by atoms with van der Waals surface area (Å²) in [7, 11) is 0. The van der Waals surface area contributed by atoms with Gasteiger partial charge in [-0.25, -0.2) is 4.79 Å². The minimum atomic E-state index is -0.304. The van der Waals surface area contributed by atoms with Gasteiger partial charge < -0.3 is 15.7 Å². The van der Waals surface area contributed by atoms with Crippen LogP contribution in [-0.4, -0.2) is 23.8 Å². The Hall–Kier alpha value is -1.55. The smallest absolute Gasteiger partial charge is 0.319 e. The number of hydrogen-bond donors (Lipinski definition) is 3. The third kappa shape index (κ3) is 3.99. The summed E-state index contributed by atoms with van der Waals surface area (Å²) in [5.41, 5.74) is 1.83. The van der Waals surface area contributed by atoms with Crippen molar-refractivity contribution in [1.82, 2.24) is 5.32 Å². The molecule has 3 N–H and O–H groups in total. The quantitative estimate of drug-likeness (QED) is 0.705. The summed E-state index contributed by atoms with van der Waals surface area (Å²) in [5, 5.41) is 14.0. The molecular weight excluding hydrogens is 192 g/mol. The van der Waals surface area contributed by atoms with Gasteiger partial charge in [0.25, 0.3) is 0 Å². The molecule has 15 heavy (non-hydrogen) atoms. The van der Waals surface area contributed by atoms with Gasteiger partial charge in [-0.05, 0) is 31.5 Å². The van der Waals surface area contributed by atoms with E-state index in [0.29, 0.717) is 0 Å². The van der Waals surface area contributed by atoms with Crippen LogP contribution in [0.3, 0.4) is 0 Å². The number of anilines is 1. The second-order valence-corrected chi connectivity index (χ2v) is 3.55. The molecule has 2 amide bonds. The predicted molar refractivity (Wildman–Crippen MR) is 59.9 cm³/mol. The lowest BCUT2D eigenvalue weighted by atomic mass is 10.2. The highest BCUT2D eigenvalue weighted by atomic mass is 16.3. The molecule has 0 saturated heterocycles. The van der Waals surface area contributed by atoms with Crippen LogP contribution < -0.4 is 10.6 Å². The standard InChI is InChI=1S/C11H16N2O2/c1-8-4-3-5-10(6-8)13-11(15)12-9(2)7-14/h3-6,9,14H,7H2,1-2H3,(H2,12,13,15). The van der Waals surface area contributed by atoms with Crippen LogP contribution in [0.1, 0.15) is 12.5 Å². The summed E-state index contributed by atoms with van der Waals surface area (Å²) in [4.78, 5) is 11.4. The average molecular weight is 208 g/mol. The first kappa shape index (κ1) is 11.5. The van der Waals surface area contributed by atoms with Crippen molar-refractivity contribution in [2.75, 3.05) is 11.9 Å². The first-order valence-corrected chi connectivity index (χ1v) is 4.87. The number of carbonyl (C=O) groups excluding carboxylic acids is 1. The molecule has 1 atom stereocenters. The molecule has 0 aliphatic carbocycles. The fourth-order valence-corrected chi connectivity index (χ4v) is 1.16. The number of amides is 2. The minimum absolute atomic E-state index is 0.0682. The van der Waals surface area contributed by atoms with E-state index in [4.69, 9.17) is 5.11 Å². The molecule has 4 heteroatoms. The van der Waals surface area contributed by atoms with Crippen LogP contribution in [0.4, 0.5) is 10.5 Å². The maximum absolute atomic E-state index is 11.4. The van der Waals surface area contributed by atoms with Gasteiger partial charge in [0.15, 0.2) is 0 Å². The molecule has 0 aliphatic heterocycles. The Balaban J connectivity index is 2.51. The monoisotopic (exact) mass is 208 g/mol. The van der Waals surface area contributed by atoms with Crippen molar-refractivity contribution in [2.45, 2.75) is 19.9 Å². The number of urea groups is 1. The van der Waals surface area contributed by atoms with E-state index in [1.807, 2.05) is 31.2 Å². The van der Waals surface area contributed by atoms with Crippen LogP contribution in [-0.2, 0) is 0 Å². The first-order valence-electron chi connectivity index (χ1n) is 4.87. The lowest BCUT2D eigenvalue weighted by Gasteiger charge is -2.12. The number of aryl methyl sites for hydroxylation is 1. The summed E-state index contributed by atoms with van der Waals surface area (Å²) in [6.07, 6.45) is 0. The molecule has 4 nitrogen and oxygen atoms in total. The van der Waals surface area contributed by atoms with Gasteiger partial charge in [0.2, 0.25) is 0 Å². The zero-order chi connectivity index (χ0) is 11.3. The molecule has 1 aromatic rings. The van der Waals surface area contributed by atoms with Crippen molar-refractivity contribution in [3.8, 4) is 0 Å². The Morgan fingerprint density at radius 1 is 1.53 bits per heavy atom. The SMILES string of the molecule is Cc1cccc(NC(=O)NC(C)CO)c1. The van der Waals surface area contributed by atoms with Gasteiger partial charge in [0, 0.05) is 5.69 Å². The summed E-state index contributed by atoms with van der Waals surface area (Å²) in [6.45, 7) is 3.62. The molecule has 0 aromatic heterocycles. The molecule has 0 spiro atoms. The summed E-state index contributed by atoms with van der Waals surface area (Å²) in [6, 6.07) is 6.98. The Morgan fingerprint density at radius 2 is 2.27 bits per heavy atom. The van der Waals surface area contributed by atoms with E-state index in [2.05, 4.69) is 10.6 Å². The second-order valence-electron chi connectivity index (χ2n) is 3.55. The van der Waals surface area contributed by atoms with Gasteiger partial charge in [-0.1, -0.05) is 12.1 Å². The molecular formula is C11H16N2O2. The number of aliphatic hydroxyl groups excluding tert-OH is 1. The van der Waals surface area contributed by atoms with E-state index in [-0.39, 0.29) is 18.7 Å². The lowest BCUT2D eigenvalue weighted by Crippen LogP contribution is -2.38. The lowest BCUT2D eigenvalue weighted by molar-refractivity contribution is 0.229. The van der Waals surface area contributed by atoms with Crippen molar-refractivity contribution in [1.29, 1.82) is 0 Å². The maximum Gasteiger partial charge on any atom is 0.319 e. The van der Waals surface area contributed by atoms with Crippen molar-refractivity contribution >= 4 is 11.7 Å². The largest absolute Gasteiger partial charge is 0.394 e. The van der Waals surface area contributed by atoms with E-state index in [1.54, 1.807) is 6.92 Å². The fourth-order valence-electron chi connectivity index (χ4n) is 1.16. The van der Waals surface area contributed by atoms with Crippen LogP contribution >= 0.6 is 0 Å². The van der Waals surface area contributed by atoms with Crippen LogP contribution in [0.2, 0.25) is 0 Å². The average Bonchev–Trinajstić information content (AvgIpc) is 2.17. The normalized spacial score (nSPS) is 11.9. The van der Waals surface area contributed by atoms with Crippen molar-refractivity contribution in [3.63, 3.8) is 0 Å². The van der Waals surface area contributed by atoms with Gasteiger partial charge in [0.1, 0.15) is 0 Å². The number of nitrogens with one attached hydrogen (secondary N) is 2. The molecule has 0 radical (unpaired) electrons. The van der Waals surface area contributed by atoms with Crippen molar-refractivity contribution in [2.24, 2.45) is 0 Å². The highest BCUT2D eigenvalue weighted by molar-refractivity contribution is 5.89. The molecule has 1 unspecified atom stereocenters. The van der Waals surface area contributed by atoms with Gasteiger partial charge in [0.05, 0.1) is 12.6 Å². The zero-order valence-electron chi connectivity index (χ0n) is 8.95. The topological polar surface area (TPSA) is 61.4 Å². The zero-order valence-corrected chi connectivity index (χ0v) is 8.95. The molecule has 82 valence electrons. The molecule has 0 aliphatic rings. The molecule has 0 bridgehead atoms. The van der Waals surface area contributed by atoms with Crippen LogP contribution in [0.25, 0.3) is 0 Å². The van der Waals surface area contributed by atoms with E-state index in [1.165, 1.54) is 0 Å². The third-order valence-electron chi connectivity index (χ3n) is 1.93. The van der Waals surface area contributed by atoms with Gasteiger partial charge in [-0.3, -0.25) is 0 Å². The fraction of sp³-hybridized carbons (Fsp3) is 0.364. The molecule has 0 heterocycles. The highest BCUT2D eigenvalue weighted by Crippen LogP contribution is 2.08. The van der Waals surface area contributed by atoms with Gasteiger partial charge >= 0.3 is 6.03 Å². The van der Waals surface area contributed by atoms with Crippen LogP contribution in [0.5, 0.6) is 0 Å². The summed E-state index contributed by atoms with van der Waals surface area (Å²) >= 11 is 0. The van der Waals surface area contributed by atoms with Crippen LogP contribution in [0, 0.1) is 6.92 Å². The van der Waals surface area contributed by atoms with E-state index >= 15 is 0 Å². The summed E-state index contributed by atoms with van der Waals surface area (Å²) < 4.78 is 0. The molecule has 0 fully saturated rings. The van der Waals surface area contributed by atoms with Gasteiger partial charge in [-0.15, -0.1) is 0 Å². The number of carbonyl (C=O) groups is 1. The predicted octanol–water partition coefficient (Wildman–Crippen LogP) is 1.50.